The van der Waals surface area contributed by atoms with Crippen LogP contribution in [0.2, 0.25) is 0 Å². The molecule has 1 fully saturated rings. The number of aromatic nitrogens is 2. The third-order valence-corrected chi connectivity index (χ3v) is 3.98. The Bertz CT molecular complexity index is 627. The molecular formula is C16H20N4O2. The summed E-state index contributed by atoms with van der Waals surface area (Å²) in [5.41, 5.74) is 1.58. The largest absolute Gasteiger partial charge is 0.391 e. The highest BCUT2D eigenvalue weighted by molar-refractivity contribution is 5.95. The number of hydrogen-bond acceptors (Lipinski definition) is 4. The summed E-state index contributed by atoms with van der Waals surface area (Å²) in [6.07, 6.45) is 3.20. The third kappa shape index (κ3) is 3.35. The van der Waals surface area contributed by atoms with E-state index < -0.39 is 0 Å². The summed E-state index contributed by atoms with van der Waals surface area (Å²) in [5.74, 6) is -0.0379. The number of β-amino-alcohol motifs (C(OH)–C–C–N with tert-alkyl or cyclic N) is 1. The number of aliphatic hydroxyl groups excluding tert-OH is 1. The van der Waals surface area contributed by atoms with E-state index in [-0.39, 0.29) is 17.9 Å². The van der Waals surface area contributed by atoms with Gasteiger partial charge in [0.25, 0.3) is 5.91 Å². The fraction of sp³-hybridized carbons (Fsp3) is 0.375. The Hall–Kier alpha value is -2.18. The van der Waals surface area contributed by atoms with Gasteiger partial charge in [-0.25, -0.2) is 0 Å². The molecule has 2 aromatic rings. The van der Waals surface area contributed by atoms with Gasteiger partial charge in [-0.1, -0.05) is 18.2 Å². The number of carbonyl (C=O) groups is 1. The second-order valence-electron chi connectivity index (χ2n) is 5.56. The lowest BCUT2D eigenvalue weighted by Gasteiger charge is -2.15. The van der Waals surface area contributed by atoms with E-state index in [1.807, 2.05) is 36.5 Å². The van der Waals surface area contributed by atoms with Crippen LogP contribution in [0.3, 0.4) is 0 Å². The molecule has 2 unspecified atom stereocenters. The molecule has 6 heteroatoms. The van der Waals surface area contributed by atoms with Gasteiger partial charge in [0.15, 0.2) is 0 Å². The van der Waals surface area contributed by atoms with Gasteiger partial charge in [0.1, 0.15) is 0 Å². The van der Waals surface area contributed by atoms with Crippen molar-refractivity contribution in [1.29, 1.82) is 0 Å². The first kappa shape index (κ1) is 14.7. The lowest BCUT2D eigenvalue weighted by Crippen LogP contribution is -2.34. The van der Waals surface area contributed by atoms with Crippen LogP contribution in [0, 0.1) is 5.92 Å². The summed E-state index contributed by atoms with van der Waals surface area (Å²) < 4.78 is 1.79. The van der Waals surface area contributed by atoms with E-state index in [0.29, 0.717) is 25.2 Å². The topological polar surface area (TPSA) is 79.2 Å². The van der Waals surface area contributed by atoms with Crippen molar-refractivity contribution >= 4 is 5.91 Å². The molecule has 1 saturated heterocycles. The molecule has 0 saturated carbocycles. The van der Waals surface area contributed by atoms with Crippen LogP contribution in [0.1, 0.15) is 15.9 Å². The molecule has 116 valence electrons. The Labute approximate surface area is 129 Å². The predicted molar refractivity (Wildman–Crippen MR) is 82.5 cm³/mol. The fourth-order valence-electron chi connectivity index (χ4n) is 2.69. The van der Waals surface area contributed by atoms with Gasteiger partial charge in [-0.05, 0) is 17.7 Å². The van der Waals surface area contributed by atoms with Crippen molar-refractivity contribution in [2.75, 3.05) is 19.6 Å². The highest BCUT2D eigenvalue weighted by atomic mass is 16.3. The quantitative estimate of drug-likeness (QED) is 0.739. The highest BCUT2D eigenvalue weighted by Crippen LogP contribution is 2.12. The molecule has 6 nitrogen and oxygen atoms in total. The molecule has 1 aliphatic heterocycles. The van der Waals surface area contributed by atoms with Crippen LogP contribution in [-0.4, -0.2) is 46.5 Å². The van der Waals surface area contributed by atoms with Crippen LogP contribution in [0.4, 0.5) is 0 Å². The average molecular weight is 300 g/mol. The molecule has 3 N–H and O–H groups in total. The zero-order valence-corrected chi connectivity index (χ0v) is 12.3. The van der Waals surface area contributed by atoms with Crippen molar-refractivity contribution in [3.8, 4) is 0 Å². The minimum absolute atomic E-state index is 0.0715. The van der Waals surface area contributed by atoms with Gasteiger partial charge in [-0.3, -0.25) is 9.48 Å². The minimum atomic E-state index is -0.389. The van der Waals surface area contributed by atoms with Crippen LogP contribution >= 0.6 is 0 Å². The first-order valence-corrected chi connectivity index (χ1v) is 7.46. The molecule has 1 aromatic carbocycles. The molecule has 2 atom stereocenters. The van der Waals surface area contributed by atoms with Crippen LogP contribution < -0.4 is 10.6 Å². The molecule has 0 radical (unpaired) electrons. The van der Waals surface area contributed by atoms with Gasteiger partial charge in [-0.15, -0.1) is 0 Å². The zero-order chi connectivity index (χ0) is 15.4. The van der Waals surface area contributed by atoms with Crippen molar-refractivity contribution < 1.29 is 9.90 Å². The molecular weight excluding hydrogens is 280 g/mol. The normalized spacial score (nSPS) is 21.0. The van der Waals surface area contributed by atoms with Crippen molar-refractivity contribution in [3.63, 3.8) is 0 Å². The Morgan fingerprint density at radius 2 is 2.23 bits per heavy atom. The summed E-state index contributed by atoms with van der Waals surface area (Å²) in [5, 5.41) is 20.0. The zero-order valence-electron chi connectivity index (χ0n) is 12.3. The van der Waals surface area contributed by atoms with E-state index in [4.69, 9.17) is 0 Å². The Kier molecular flexibility index (Phi) is 4.50. The van der Waals surface area contributed by atoms with Crippen LogP contribution in [0.25, 0.3) is 0 Å². The number of rotatable bonds is 5. The summed E-state index contributed by atoms with van der Waals surface area (Å²) in [6, 6.07) is 9.38. The maximum atomic E-state index is 12.4. The van der Waals surface area contributed by atoms with Crippen LogP contribution in [0.15, 0.2) is 42.7 Å². The summed E-state index contributed by atoms with van der Waals surface area (Å²) >= 11 is 0. The molecule has 0 aliphatic carbocycles. The fourth-order valence-corrected chi connectivity index (χ4v) is 2.69. The molecule has 0 spiro atoms. The SMILES string of the molecule is O=C(NCC1CNCC1O)c1ccccc1Cn1cccn1. The molecule has 22 heavy (non-hydrogen) atoms. The third-order valence-electron chi connectivity index (χ3n) is 3.98. The maximum Gasteiger partial charge on any atom is 0.251 e. The summed E-state index contributed by atoms with van der Waals surface area (Å²) in [4.78, 5) is 12.4. The molecule has 1 amide bonds. The van der Waals surface area contributed by atoms with E-state index in [1.54, 1.807) is 10.9 Å². The molecule has 1 aromatic heterocycles. The number of carbonyl (C=O) groups excluding carboxylic acids is 1. The van der Waals surface area contributed by atoms with Gasteiger partial charge in [0.05, 0.1) is 12.6 Å². The average Bonchev–Trinajstić information content (AvgIpc) is 3.17. The lowest BCUT2D eigenvalue weighted by atomic mass is 10.0. The van der Waals surface area contributed by atoms with E-state index >= 15 is 0 Å². The second-order valence-corrected chi connectivity index (χ2v) is 5.56. The van der Waals surface area contributed by atoms with Crippen molar-refractivity contribution in [1.82, 2.24) is 20.4 Å². The standard InChI is InChI=1S/C16H20N4O2/c21-15-10-17-8-13(15)9-18-16(22)14-5-2-1-4-12(14)11-20-7-3-6-19-20/h1-7,13,15,17,21H,8-11H2,(H,18,22). The smallest absolute Gasteiger partial charge is 0.251 e. The Morgan fingerprint density at radius 1 is 1.36 bits per heavy atom. The number of nitrogens with zero attached hydrogens (tertiary/aromatic N) is 2. The lowest BCUT2D eigenvalue weighted by molar-refractivity contribution is 0.0926. The number of benzene rings is 1. The van der Waals surface area contributed by atoms with Gasteiger partial charge in [0, 0.05) is 43.5 Å². The first-order chi connectivity index (χ1) is 10.7. The van der Waals surface area contributed by atoms with E-state index in [0.717, 1.165) is 12.1 Å². The predicted octanol–water partition coefficient (Wildman–Crippen LogP) is 0.242. The maximum absolute atomic E-state index is 12.4. The number of hydrogen-bond donors (Lipinski definition) is 3. The number of amides is 1. The molecule has 2 heterocycles. The molecule has 3 rings (SSSR count). The van der Waals surface area contributed by atoms with Crippen LogP contribution in [-0.2, 0) is 6.54 Å². The van der Waals surface area contributed by atoms with Crippen molar-refractivity contribution in [3.05, 3.63) is 53.9 Å². The van der Waals surface area contributed by atoms with E-state index in [2.05, 4.69) is 15.7 Å². The van der Waals surface area contributed by atoms with Gasteiger partial charge >= 0.3 is 0 Å². The monoisotopic (exact) mass is 300 g/mol. The Balaban J connectivity index is 1.66. The molecule has 1 aliphatic rings. The first-order valence-electron chi connectivity index (χ1n) is 7.46. The van der Waals surface area contributed by atoms with Gasteiger partial charge in [0.2, 0.25) is 0 Å². The van der Waals surface area contributed by atoms with E-state index in [1.165, 1.54) is 0 Å². The number of aliphatic hydroxyl groups is 1. The van der Waals surface area contributed by atoms with Gasteiger partial charge in [-0.2, -0.15) is 5.10 Å². The van der Waals surface area contributed by atoms with Crippen molar-refractivity contribution in [2.24, 2.45) is 5.92 Å². The Morgan fingerprint density at radius 3 is 2.95 bits per heavy atom. The molecule has 0 bridgehead atoms. The number of nitrogens with one attached hydrogen (secondary N) is 2. The summed E-state index contributed by atoms with van der Waals surface area (Å²) in [6.45, 7) is 2.36. The highest BCUT2D eigenvalue weighted by Gasteiger charge is 2.25. The van der Waals surface area contributed by atoms with Crippen LogP contribution in [0.5, 0.6) is 0 Å². The van der Waals surface area contributed by atoms with E-state index in [9.17, 15) is 9.90 Å². The van der Waals surface area contributed by atoms with Gasteiger partial charge < -0.3 is 15.7 Å². The summed E-state index contributed by atoms with van der Waals surface area (Å²) in [7, 11) is 0. The van der Waals surface area contributed by atoms with Crippen molar-refractivity contribution in [2.45, 2.75) is 12.6 Å². The second kappa shape index (κ2) is 6.72. The minimum Gasteiger partial charge on any atom is -0.391 e.